The highest BCUT2D eigenvalue weighted by Gasteiger charge is 2.13. The maximum absolute atomic E-state index is 6.19. The van der Waals surface area contributed by atoms with E-state index in [0.29, 0.717) is 17.3 Å². The third-order valence-electron chi connectivity index (χ3n) is 4.01. The Morgan fingerprint density at radius 2 is 1.27 bits per heavy atom. The van der Waals surface area contributed by atoms with Gasteiger partial charge in [0.2, 0.25) is 5.28 Å². The summed E-state index contributed by atoms with van der Waals surface area (Å²) in [5, 5.41) is 0.163. The summed E-state index contributed by atoms with van der Waals surface area (Å²) >= 11 is 6.19. The first-order valence-electron chi connectivity index (χ1n) is 8.13. The summed E-state index contributed by atoms with van der Waals surface area (Å²) in [4.78, 5) is 13.3. The predicted molar refractivity (Wildman–Crippen MR) is 106 cm³/mol. The van der Waals surface area contributed by atoms with Crippen LogP contribution in [0.5, 0.6) is 0 Å². The van der Waals surface area contributed by atoms with Gasteiger partial charge in [-0.2, -0.15) is 9.97 Å². The first kappa shape index (κ1) is 16.2. The zero-order chi connectivity index (χ0) is 17.9. The number of hydrogen-bond donors (Lipinski definition) is 1. The van der Waals surface area contributed by atoms with E-state index < -0.39 is 0 Å². The maximum atomic E-state index is 6.19. The normalized spacial score (nSPS) is 10.7. The molecule has 1 heterocycles. The lowest BCUT2D eigenvalue weighted by Crippen LogP contribution is -1.98. The van der Waals surface area contributed by atoms with Crippen molar-refractivity contribution in [1.29, 1.82) is 0 Å². The van der Waals surface area contributed by atoms with Gasteiger partial charge in [0.05, 0.1) is 0 Å². The van der Waals surface area contributed by atoms with Crippen molar-refractivity contribution < 1.29 is 0 Å². The molecule has 1 aromatic heterocycles. The van der Waals surface area contributed by atoms with Gasteiger partial charge in [-0.3, -0.25) is 0 Å². The Hall–Kier alpha value is -3.24. The fraction of sp³-hybridized carbons (Fsp3) is 0. The van der Waals surface area contributed by atoms with Gasteiger partial charge in [-0.25, -0.2) is 4.98 Å². The summed E-state index contributed by atoms with van der Waals surface area (Å²) in [5.41, 5.74) is 10.4. The molecule has 4 nitrogen and oxygen atoms in total. The first-order chi connectivity index (χ1) is 12.7. The van der Waals surface area contributed by atoms with Gasteiger partial charge < -0.3 is 5.73 Å². The minimum Gasteiger partial charge on any atom is -0.399 e. The summed E-state index contributed by atoms with van der Waals surface area (Å²) in [7, 11) is 0. The van der Waals surface area contributed by atoms with Gasteiger partial charge in [0.1, 0.15) is 0 Å². The minimum absolute atomic E-state index is 0.163. The molecule has 0 bridgehead atoms. The zero-order valence-corrected chi connectivity index (χ0v) is 14.6. The molecule has 0 unspecified atom stereocenters. The van der Waals surface area contributed by atoms with Crippen LogP contribution < -0.4 is 5.73 Å². The number of nitrogens with zero attached hydrogens (tertiary/aromatic N) is 3. The molecular weight excluding hydrogens is 344 g/mol. The predicted octanol–water partition coefficient (Wildman–Crippen LogP) is 5.11. The highest BCUT2D eigenvalue weighted by atomic mass is 35.5. The van der Waals surface area contributed by atoms with Crippen molar-refractivity contribution in [3.05, 3.63) is 84.1 Å². The first-order valence-corrected chi connectivity index (χ1v) is 8.51. The molecular formula is C21H15ClN4. The van der Waals surface area contributed by atoms with Crippen LogP contribution in [-0.2, 0) is 0 Å². The molecule has 0 amide bonds. The van der Waals surface area contributed by atoms with Crippen LogP contribution in [0, 0.1) is 0 Å². The van der Waals surface area contributed by atoms with E-state index >= 15 is 0 Å². The third-order valence-corrected chi connectivity index (χ3v) is 4.17. The van der Waals surface area contributed by atoms with Crippen LogP contribution in [0.1, 0.15) is 0 Å². The van der Waals surface area contributed by atoms with Gasteiger partial charge in [0, 0.05) is 16.8 Å². The molecule has 0 saturated carbocycles. The lowest BCUT2D eigenvalue weighted by molar-refractivity contribution is 1.07. The molecule has 2 N–H and O–H groups in total. The van der Waals surface area contributed by atoms with E-state index in [1.807, 2.05) is 78.9 Å². The minimum atomic E-state index is 0.163. The van der Waals surface area contributed by atoms with E-state index in [-0.39, 0.29) is 5.28 Å². The molecule has 4 aromatic rings. The van der Waals surface area contributed by atoms with Crippen molar-refractivity contribution in [1.82, 2.24) is 15.0 Å². The van der Waals surface area contributed by atoms with Crippen molar-refractivity contribution in [2.45, 2.75) is 0 Å². The molecule has 26 heavy (non-hydrogen) atoms. The van der Waals surface area contributed by atoms with E-state index in [0.717, 1.165) is 22.3 Å². The van der Waals surface area contributed by atoms with Crippen molar-refractivity contribution in [2.75, 3.05) is 5.73 Å². The smallest absolute Gasteiger partial charge is 0.226 e. The fourth-order valence-electron chi connectivity index (χ4n) is 2.82. The second-order valence-corrected chi connectivity index (χ2v) is 6.13. The average Bonchev–Trinajstić information content (AvgIpc) is 2.68. The Bertz CT molecular complexity index is 1060. The summed E-state index contributed by atoms with van der Waals surface area (Å²) < 4.78 is 0. The maximum Gasteiger partial charge on any atom is 0.226 e. The van der Waals surface area contributed by atoms with E-state index in [9.17, 15) is 0 Å². The Labute approximate surface area is 156 Å². The van der Waals surface area contributed by atoms with Gasteiger partial charge in [0.25, 0.3) is 0 Å². The van der Waals surface area contributed by atoms with E-state index in [2.05, 4.69) is 15.0 Å². The standard InChI is InChI=1S/C21H15ClN4/c22-21-25-19(14-7-2-1-3-8-14)24-20(26-21)18-12-5-4-11-17(18)15-9-6-10-16(23)13-15/h1-13H,23H2. The summed E-state index contributed by atoms with van der Waals surface area (Å²) in [5.74, 6) is 1.07. The molecule has 126 valence electrons. The number of nitrogen functional groups attached to an aromatic ring is 1. The molecule has 0 saturated heterocycles. The lowest BCUT2D eigenvalue weighted by atomic mass is 9.99. The van der Waals surface area contributed by atoms with Crippen molar-refractivity contribution in [3.63, 3.8) is 0 Å². The molecule has 0 fully saturated rings. The second kappa shape index (κ2) is 6.94. The number of benzene rings is 3. The van der Waals surface area contributed by atoms with Crippen LogP contribution in [0.2, 0.25) is 5.28 Å². The molecule has 3 aromatic carbocycles. The topological polar surface area (TPSA) is 64.7 Å². The fourth-order valence-corrected chi connectivity index (χ4v) is 2.98. The largest absolute Gasteiger partial charge is 0.399 e. The van der Waals surface area contributed by atoms with Crippen LogP contribution in [0.25, 0.3) is 33.9 Å². The van der Waals surface area contributed by atoms with E-state index in [1.54, 1.807) is 0 Å². The lowest BCUT2D eigenvalue weighted by Gasteiger charge is -2.10. The van der Waals surface area contributed by atoms with Crippen LogP contribution in [0.4, 0.5) is 5.69 Å². The molecule has 0 aliphatic heterocycles. The van der Waals surface area contributed by atoms with E-state index in [4.69, 9.17) is 17.3 Å². The Morgan fingerprint density at radius 1 is 0.615 bits per heavy atom. The highest BCUT2D eigenvalue weighted by Crippen LogP contribution is 2.32. The van der Waals surface area contributed by atoms with Crippen molar-refractivity contribution in [3.8, 4) is 33.9 Å². The summed E-state index contributed by atoms with van der Waals surface area (Å²) in [6.45, 7) is 0. The Morgan fingerprint density at radius 3 is 2.04 bits per heavy atom. The highest BCUT2D eigenvalue weighted by molar-refractivity contribution is 6.28. The number of nitrogens with two attached hydrogens (primary N) is 1. The molecule has 0 aliphatic carbocycles. The molecule has 0 radical (unpaired) electrons. The summed E-state index contributed by atoms with van der Waals surface area (Å²) in [6, 6.07) is 25.4. The molecule has 0 aliphatic rings. The van der Waals surface area contributed by atoms with E-state index in [1.165, 1.54) is 0 Å². The number of halogens is 1. The number of anilines is 1. The van der Waals surface area contributed by atoms with Gasteiger partial charge in [-0.05, 0) is 34.9 Å². The molecule has 0 spiro atoms. The van der Waals surface area contributed by atoms with Gasteiger partial charge in [0.15, 0.2) is 11.6 Å². The van der Waals surface area contributed by atoms with Crippen LogP contribution in [0.15, 0.2) is 78.9 Å². The van der Waals surface area contributed by atoms with Gasteiger partial charge in [-0.1, -0.05) is 66.7 Å². The number of hydrogen-bond acceptors (Lipinski definition) is 4. The van der Waals surface area contributed by atoms with Crippen LogP contribution in [-0.4, -0.2) is 15.0 Å². The molecule has 0 atom stereocenters. The quantitative estimate of drug-likeness (QED) is 0.517. The van der Waals surface area contributed by atoms with Gasteiger partial charge >= 0.3 is 0 Å². The Balaban J connectivity index is 1.88. The van der Waals surface area contributed by atoms with Crippen LogP contribution in [0.3, 0.4) is 0 Å². The zero-order valence-electron chi connectivity index (χ0n) is 13.8. The molecule has 5 heteroatoms. The third kappa shape index (κ3) is 3.27. The average molecular weight is 359 g/mol. The monoisotopic (exact) mass is 358 g/mol. The molecule has 4 rings (SSSR count). The van der Waals surface area contributed by atoms with Crippen molar-refractivity contribution in [2.24, 2.45) is 0 Å². The Kier molecular flexibility index (Phi) is 4.33. The number of aromatic nitrogens is 3. The summed E-state index contributed by atoms with van der Waals surface area (Å²) in [6.07, 6.45) is 0. The van der Waals surface area contributed by atoms with Crippen LogP contribution >= 0.6 is 11.6 Å². The van der Waals surface area contributed by atoms with Gasteiger partial charge in [-0.15, -0.1) is 0 Å². The van der Waals surface area contributed by atoms with Crippen molar-refractivity contribution >= 4 is 17.3 Å². The second-order valence-electron chi connectivity index (χ2n) is 5.79. The number of rotatable bonds is 3. The SMILES string of the molecule is Nc1cccc(-c2ccccc2-c2nc(Cl)nc(-c3ccccc3)n2)c1.